The first-order chi connectivity index (χ1) is 15.8. The van der Waals surface area contributed by atoms with Gasteiger partial charge >= 0.3 is 0 Å². The smallest absolute Gasteiger partial charge is 0.167 e. The van der Waals surface area contributed by atoms with Crippen LogP contribution in [-0.4, -0.2) is 43.1 Å². The topological polar surface area (TPSA) is 44.8 Å². The van der Waals surface area contributed by atoms with E-state index in [1.165, 1.54) is 19.3 Å². The predicted octanol–water partition coefficient (Wildman–Crippen LogP) is 5.93. The van der Waals surface area contributed by atoms with Crippen molar-refractivity contribution in [3.05, 3.63) is 0 Å². The number of thioether (sulfide) groups is 1. The molecule has 0 aliphatic heterocycles. The highest BCUT2D eigenvalue weighted by molar-refractivity contribution is 7.98. The van der Waals surface area contributed by atoms with Crippen LogP contribution < -0.4 is 0 Å². The molecule has 4 aliphatic rings. The molecule has 8 atom stereocenters. The molecule has 0 spiro atoms. The van der Waals surface area contributed by atoms with E-state index in [2.05, 4.69) is 26.0 Å². The third kappa shape index (κ3) is 4.02. The van der Waals surface area contributed by atoms with Gasteiger partial charge in [-0.05, 0) is 94.1 Å². The number of fused-ring (bicyclic) bond motifs is 5. The lowest BCUT2D eigenvalue weighted by Gasteiger charge is -2.61. The Morgan fingerprint density at radius 1 is 1.09 bits per heavy atom. The van der Waals surface area contributed by atoms with Crippen LogP contribution in [0.2, 0.25) is 0 Å². The second-order valence-electron chi connectivity index (χ2n) is 11.4. The van der Waals surface area contributed by atoms with Crippen molar-refractivity contribution in [3.63, 3.8) is 0 Å². The van der Waals surface area contributed by atoms with Gasteiger partial charge in [0.1, 0.15) is 11.4 Å². The predicted molar refractivity (Wildman–Crippen MR) is 134 cm³/mol. The van der Waals surface area contributed by atoms with Crippen molar-refractivity contribution in [2.24, 2.45) is 40.4 Å². The van der Waals surface area contributed by atoms with Gasteiger partial charge in [-0.2, -0.15) is 0 Å². The summed E-state index contributed by atoms with van der Waals surface area (Å²) < 4.78 is 18.3. The Morgan fingerprint density at radius 2 is 1.79 bits per heavy atom. The average molecular weight is 477 g/mol. The van der Waals surface area contributed by atoms with E-state index in [0.717, 1.165) is 25.7 Å². The third-order valence-electron chi connectivity index (χ3n) is 10.4. The molecule has 0 saturated heterocycles. The second kappa shape index (κ2) is 9.84. The van der Waals surface area contributed by atoms with Gasteiger partial charge in [0.2, 0.25) is 0 Å². The molecule has 0 radical (unpaired) electrons. The van der Waals surface area contributed by atoms with Crippen molar-refractivity contribution in [2.45, 2.75) is 91.0 Å². The Bertz CT molecular complexity index is 757. The van der Waals surface area contributed by atoms with Crippen LogP contribution in [0.1, 0.15) is 79.1 Å². The largest absolute Gasteiger partial charge is 0.352 e. The zero-order chi connectivity index (χ0) is 23.9. The third-order valence-corrected chi connectivity index (χ3v) is 10.7. The number of terminal acetylenes is 1. The minimum absolute atomic E-state index is 0.0465. The normalized spacial score (nSPS) is 44.8. The zero-order valence-electron chi connectivity index (χ0n) is 21.4. The summed E-state index contributed by atoms with van der Waals surface area (Å²) in [6.45, 7) is 10.0. The van der Waals surface area contributed by atoms with Crippen molar-refractivity contribution in [1.82, 2.24) is 0 Å². The van der Waals surface area contributed by atoms with E-state index in [-0.39, 0.29) is 16.7 Å². The van der Waals surface area contributed by atoms with Crippen LogP contribution in [0.4, 0.5) is 0 Å². The Balaban J connectivity index is 1.60. The van der Waals surface area contributed by atoms with Gasteiger partial charge in [-0.25, -0.2) is 0 Å². The molecule has 5 heteroatoms. The van der Waals surface area contributed by atoms with E-state index in [0.29, 0.717) is 55.0 Å². The van der Waals surface area contributed by atoms with Crippen LogP contribution in [0.3, 0.4) is 0 Å². The molecule has 2 unspecified atom stereocenters. The van der Waals surface area contributed by atoms with Crippen molar-refractivity contribution in [2.75, 3.05) is 25.4 Å². The van der Waals surface area contributed by atoms with Crippen LogP contribution in [0.15, 0.2) is 0 Å². The van der Waals surface area contributed by atoms with E-state index >= 15 is 0 Å². The van der Waals surface area contributed by atoms with Crippen molar-refractivity contribution in [1.29, 1.82) is 0 Å². The molecule has 0 bridgehead atoms. The number of hydrogen-bond acceptors (Lipinski definition) is 5. The Kier molecular flexibility index (Phi) is 7.62. The van der Waals surface area contributed by atoms with Gasteiger partial charge in [-0.15, -0.1) is 18.2 Å². The number of ether oxygens (including phenoxy) is 3. The number of ketones is 1. The van der Waals surface area contributed by atoms with Gasteiger partial charge in [0, 0.05) is 25.0 Å². The first-order valence-electron chi connectivity index (χ1n) is 13.2. The van der Waals surface area contributed by atoms with Gasteiger partial charge in [0.15, 0.2) is 6.29 Å². The summed E-state index contributed by atoms with van der Waals surface area (Å²) in [6, 6.07) is 0. The maximum absolute atomic E-state index is 13.2. The van der Waals surface area contributed by atoms with E-state index in [1.54, 1.807) is 11.8 Å². The van der Waals surface area contributed by atoms with E-state index in [9.17, 15) is 4.79 Å². The lowest BCUT2D eigenvalue weighted by atomic mass is 9.43. The van der Waals surface area contributed by atoms with E-state index in [1.807, 2.05) is 13.8 Å². The SMILES string of the molecule is C#C[C@@]1(OCSC)CC[C@H]2[C@@H]3CCC4CC(=O)C(C(OCC)OCC)C[C@]4(C)[C@H]3CC[C@@]21C. The lowest BCUT2D eigenvalue weighted by Crippen LogP contribution is -2.58. The average Bonchev–Trinajstić information content (AvgIpc) is 3.10. The van der Waals surface area contributed by atoms with Crippen LogP contribution in [0.5, 0.6) is 0 Å². The summed E-state index contributed by atoms with van der Waals surface area (Å²) in [6.07, 6.45) is 16.3. The van der Waals surface area contributed by atoms with Crippen LogP contribution in [0.25, 0.3) is 0 Å². The molecule has 4 fully saturated rings. The minimum Gasteiger partial charge on any atom is -0.352 e. The summed E-state index contributed by atoms with van der Waals surface area (Å²) >= 11 is 1.72. The van der Waals surface area contributed by atoms with Crippen molar-refractivity contribution < 1.29 is 19.0 Å². The van der Waals surface area contributed by atoms with E-state index in [4.69, 9.17) is 20.6 Å². The fourth-order valence-electron chi connectivity index (χ4n) is 8.70. The van der Waals surface area contributed by atoms with Gasteiger partial charge in [-0.3, -0.25) is 4.79 Å². The molecule has 4 aliphatic carbocycles. The summed E-state index contributed by atoms with van der Waals surface area (Å²) in [5, 5.41) is 0. The number of carbonyl (C=O) groups is 1. The monoisotopic (exact) mass is 476 g/mol. The standard InChI is InChI=1S/C28H44O4S/c1-7-28(32-18-33-6)15-13-23-20-11-10-19-16-24(29)21(25(30-8-2)31-9-3)17-26(19,4)22(20)12-14-27(23,28)5/h1,19-23,25H,8-18H2,2-6H3/t19?,20-,21?,22+,23+,26+,27+,28-/m1/s1. The molecule has 4 saturated carbocycles. The molecule has 0 N–H and O–H groups in total. The first-order valence-corrected chi connectivity index (χ1v) is 14.6. The Morgan fingerprint density at radius 3 is 2.42 bits per heavy atom. The fraction of sp³-hybridized carbons (Fsp3) is 0.893. The summed E-state index contributed by atoms with van der Waals surface area (Å²) in [7, 11) is 0. The molecule has 0 amide bonds. The van der Waals surface area contributed by atoms with Crippen LogP contribution >= 0.6 is 11.8 Å². The Hall–Kier alpha value is -0.540. The molecule has 0 aromatic rings. The molecule has 33 heavy (non-hydrogen) atoms. The maximum Gasteiger partial charge on any atom is 0.167 e. The highest BCUT2D eigenvalue weighted by atomic mass is 32.2. The Labute approximate surface area is 205 Å². The molecular weight excluding hydrogens is 432 g/mol. The molecule has 4 nitrogen and oxygen atoms in total. The van der Waals surface area contributed by atoms with Crippen molar-refractivity contribution >= 4 is 17.5 Å². The molecule has 0 aromatic carbocycles. The van der Waals surface area contributed by atoms with Crippen LogP contribution in [-0.2, 0) is 19.0 Å². The summed E-state index contributed by atoms with van der Waals surface area (Å²) in [5.41, 5.74) is -0.217. The highest BCUT2D eigenvalue weighted by Gasteiger charge is 2.66. The molecular formula is C28H44O4S. The van der Waals surface area contributed by atoms with Crippen LogP contribution in [0, 0.1) is 52.8 Å². The number of Topliss-reactive ketones (excluding diaryl/α,β-unsaturated/α-hetero) is 1. The second-order valence-corrected chi connectivity index (χ2v) is 12.2. The first kappa shape index (κ1) is 25.5. The van der Waals surface area contributed by atoms with Gasteiger partial charge in [0.25, 0.3) is 0 Å². The summed E-state index contributed by atoms with van der Waals surface area (Å²) in [4.78, 5) is 13.2. The molecule has 0 aromatic heterocycles. The quantitative estimate of drug-likeness (QED) is 0.321. The van der Waals surface area contributed by atoms with Crippen molar-refractivity contribution in [3.8, 4) is 12.3 Å². The zero-order valence-corrected chi connectivity index (χ0v) is 22.2. The minimum atomic E-state index is -0.427. The fourth-order valence-corrected chi connectivity index (χ4v) is 9.02. The molecule has 186 valence electrons. The van der Waals surface area contributed by atoms with Gasteiger partial charge in [-0.1, -0.05) is 19.8 Å². The van der Waals surface area contributed by atoms with Gasteiger partial charge in [0.05, 0.1) is 11.9 Å². The molecule has 0 heterocycles. The number of rotatable bonds is 8. The number of carbonyl (C=O) groups excluding carboxylic acids is 1. The number of hydrogen-bond donors (Lipinski definition) is 0. The summed E-state index contributed by atoms with van der Waals surface area (Å²) in [5.74, 6) is 6.44. The van der Waals surface area contributed by atoms with E-state index < -0.39 is 11.9 Å². The lowest BCUT2D eigenvalue weighted by molar-refractivity contribution is -0.202. The van der Waals surface area contributed by atoms with Gasteiger partial charge < -0.3 is 14.2 Å². The molecule has 4 rings (SSSR count). The highest BCUT2D eigenvalue weighted by Crippen LogP contribution is 2.69. The maximum atomic E-state index is 13.2.